The molecular weight excluding hydrogens is 261 g/mol. The molecule has 1 aliphatic rings. The number of nitrogens with one attached hydrogen (secondary N) is 2. The number of urea groups is 1. The first-order chi connectivity index (χ1) is 9.60. The Morgan fingerprint density at radius 2 is 2.40 bits per heavy atom. The quantitative estimate of drug-likeness (QED) is 0.890. The summed E-state index contributed by atoms with van der Waals surface area (Å²) >= 11 is 0. The molecule has 0 radical (unpaired) electrons. The van der Waals surface area contributed by atoms with Crippen LogP contribution in [-0.2, 0) is 4.74 Å². The maximum atomic E-state index is 13.0. The van der Waals surface area contributed by atoms with E-state index >= 15 is 0 Å². The van der Waals surface area contributed by atoms with Gasteiger partial charge >= 0.3 is 6.03 Å². The summed E-state index contributed by atoms with van der Waals surface area (Å²) in [4.78, 5) is 11.9. The third-order valence-corrected chi connectivity index (χ3v) is 3.23. The minimum atomic E-state index is -0.514. The summed E-state index contributed by atoms with van der Waals surface area (Å²) in [5.41, 5.74) is 0.371. The van der Waals surface area contributed by atoms with Gasteiger partial charge in [0, 0.05) is 6.61 Å². The number of nitrogens with zero attached hydrogens (tertiary/aromatic N) is 1. The van der Waals surface area contributed by atoms with E-state index < -0.39 is 11.8 Å². The smallest absolute Gasteiger partial charge is 0.319 e. The highest BCUT2D eigenvalue weighted by molar-refractivity contribution is 5.90. The van der Waals surface area contributed by atoms with Gasteiger partial charge in [-0.05, 0) is 38.0 Å². The van der Waals surface area contributed by atoms with Crippen LogP contribution in [0.3, 0.4) is 0 Å². The molecule has 2 N–H and O–H groups in total. The van der Waals surface area contributed by atoms with Gasteiger partial charge in [0.2, 0.25) is 0 Å². The second-order valence-corrected chi connectivity index (χ2v) is 4.74. The first kappa shape index (κ1) is 14.3. The molecule has 1 heterocycles. The summed E-state index contributed by atoms with van der Waals surface area (Å²) in [5.74, 6) is -0.514. The van der Waals surface area contributed by atoms with Crippen molar-refractivity contribution in [3.63, 3.8) is 0 Å². The van der Waals surface area contributed by atoms with Crippen LogP contribution >= 0.6 is 0 Å². The van der Waals surface area contributed by atoms with E-state index in [4.69, 9.17) is 10.00 Å². The number of hydrogen-bond donors (Lipinski definition) is 2. The molecule has 0 spiro atoms. The number of rotatable bonds is 3. The first-order valence-electron chi connectivity index (χ1n) is 6.49. The van der Waals surface area contributed by atoms with E-state index in [9.17, 15) is 9.18 Å². The van der Waals surface area contributed by atoms with Crippen LogP contribution < -0.4 is 10.6 Å². The van der Waals surface area contributed by atoms with Crippen LogP contribution in [0.5, 0.6) is 0 Å². The molecule has 6 heteroatoms. The van der Waals surface area contributed by atoms with Crippen molar-refractivity contribution in [3.05, 3.63) is 29.6 Å². The summed E-state index contributed by atoms with van der Waals surface area (Å²) in [6, 6.07) is 4.93. The van der Waals surface area contributed by atoms with E-state index in [2.05, 4.69) is 10.6 Å². The van der Waals surface area contributed by atoms with Crippen LogP contribution in [0, 0.1) is 17.1 Å². The highest BCUT2D eigenvalue weighted by atomic mass is 19.1. The van der Waals surface area contributed by atoms with Crippen LogP contribution in [-0.4, -0.2) is 24.8 Å². The molecule has 0 bridgehead atoms. The van der Waals surface area contributed by atoms with Gasteiger partial charge < -0.3 is 15.4 Å². The number of carbonyl (C=O) groups excluding carboxylic acids is 1. The minimum Gasteiger partial charge on any atom is -0.376 e. The van der Waals surface area contributed by atoms with Crippen LogP contribution in [0.2, 0.25) is 0 Å². The maximum Gasteiger partial charge on any atom is 0.319 e. The van der Waals surface area contributed by atoms with Gasteiger partial charge in [0.25, 0.3) is 0 Å². The molecule has 0 aromatic heterocycles. The Labute approximate surface area is 116 Å². The number of ether oxygens (including phenoxy) is 1. The average Bonchev–Trinajstić information content (AvgIpc) is 2.94. The van der Waals surface area contributed by atoms with E-state index in [1.54, 1.807) is 0 Å². The number of carbonyl (C=O) groups is 1. The van der Waals surface area contributed by atoms with Crippen molar-refractivity contribution in [2.45, 2.75) is 31.9 Å². The third kappa shape index (κ3) is 3.45. The lowest BCUT2D eigenvalue weighted by atomic mass is 10.1. The van der Waals surface area contributed by atoms with Crippen LogP contribution in [0.15, 0.2) is 18.2 Å². The normalized spacial score (nSPS) is 19.1. The first-order valence-corrected chi connectivity index (χ1v) is 6.49. The fourth-order valence-electron chi connectivity index (χ4n) is 2.17. The Bertz CT molecular complexity index is 536. The van der Waals surface area contributed by atoms with Crippen molar-refractivity contribution in [1.29, 1.82) is 5.26 Å². The number of amides is 2. The monoisotopic (exact) mass is 277 g/mol. The summed E-state index contributed by atoms with van der Waals surface area (Å²) in [6.45, 7) is 2.58. The molecule has 1 aliphatic heterocycles. The SMILES string of the molecule is CC(NC(=O)Nc1ccc(F)cc1C#N)C1CCCO1. The fourth-order valence-corrected chi connectivity index (χ4v) is 2.17. The summed E-state index contributed by atoms with van der Waals surface area (Å²) in [7, 11) is 0. The molecule has 2 amide bonds. The second kappa shape index (κ2) is 6.35. The second-order valence-electron chi connectivity index (χ2n) is 4.74. The molecule has 106 valence electrons. The van der Waals surface area contributed by atoms with Crippen molar-refractivity contribution >= 4 is 11.7 Å². The molecule has 5 nitrogen and oxygen atoms in total. The summed E-state index contributed by atoms with van der Waals surface area (Å²) in [6.07, 6.45) is 1.93. The zero-order chi connectivity index (χ0) is 14.5. The lowest BCUT2D eigenvalue weighted by molar-refractivity contribution is 0.0868. The predicted octanol–water partition coefficient (Wildman–Crippen LogP) is 2.39. The van der Waals surface area contributed by atoms with Gasteiger partial charge in [-0.3, -0.25) is 0 Å². The molecule has 2 unspecified atom stereocenters. The van der Waals surface area contributed by atoms with Crippen molar-refractivity contribution in [1.82, 2.24) is 5.32 Å². The highest BCUT2D eigenvalue weighted by Crippen LogP contribution is 2.17. The van der Waals surface area contributed by atoms with E-state index in [-0.39, 0.29) is 23.4 Å². The van der Waals surface area contributed by atoms with Gasteiger partial charge in [0.15, 0.2) is 0 Å². The third-order valence-electron chi connectivity index (χ3n) is 3.23. The van der Waals surface area contributed by atoms with E-state index in [1.165, 1.54) is 12.1 Å². The standard InChI is InChI=1S/C14H16FN3O2/c1-9(13-3-2-6-20-13)17-14(19)18-12-5-4-11(15)7-10(12)8-16/h4-5,7,9,13H,2-3,6H2,1H3,(H2,17,18,19). The largest absolute Gasteiger partial charge is 0.376 e. The van der Waals surface area contributed by atoms with Crippen LogP contribution in [0.4, 0.5) is 14.9 Å². The molecule has 20 heavy (non-hydrogen) atoms. The lowest BCUT2D eigenvalue weighted by Crippen LogP contribution is -2.43. The highest BCUT2D eigenvalue weighted by Gasteiger charge is 2.23. The number of benzene rings is 1. The minimum absolute atomic E-state index is 0.0180. The zero-order valence-corrected chi connectivity index (χ0v) is 11.1. The fraction of sp³-hybridized carbons (Fsp3) is 0.429. The molecular formula is C14H16FN3O2. The molecule has 2 atom stereocenters. The number of anilines is 1. The number of halogens is 1. The molecule has 2 rings (SSSR count). The van der Waals surface area contributed by atoms with Gasteiger partial charge in [-0.2, -0.15) is 5.26 Å². The maximum absolute atomic E-state index is 13.0. The van der Waals surface area contributed by atoms with Gasteiger partial charge in [-0.1, -0.05) is 0 Å². The number of nitriles is 1. The Morgan fingerprint density at radius 1 is 1.60 bits per heavy atom. The molecule has 1 aromatic rings. The van der Waals surface area contributed by atoms with Crippen molar-refractivity contribution in [2.75, 3.05) is 11.9 Å². The van der Waals surface area contributed by atoms with Gasteiger partial charge in [0.05, 0.1) is 23.4 Å². The van der Waals surface area contributed by atoms with E-state index in [1.807, 2.05) is 13.0 Å². The van der Waals surface area contributed by atoms with Crippen molar-refractivity contribution in [2.24, 2.45) is 0 Å². The Kier molecular flexibility index (Phi) is 4.53. The zero-order valence-electron chi connectivity index (χ0n) is 11.1. The van der Waals surface area contributed by atoms with Gasteiger partial charge in [-0.25, -0.2) is 9.18 Å². The van der Waals surface area contributed by atoms with Crippen molar-refractivity contribution in [3.8, 4) is 6.07 Å². The van der Waals surface area contributed by atoms with Crippen LogP contribution in [0.25, 0.3) is 0 Å². The van der Waals surface area contributed by atoms with E-state index in [0.29, 0.717) is 0 Å². The topological polar surface area (TPSA) is 74.2 Å². The van der Waals surface area contributed by atoms with Gasteiger partial charge in [0.1, 0.15) is 11.9 Å². The summed E-state index contributed by atoms with van der Waals surface area (Å²) < 4.78 is 18.5. The predicted molar refractivity (Wildman–Crippen MR) is 71.7 cm³/mol. The molecule has 1 saturated heterocycles. The Morgan fingerprint density at radius 3 is 3.05 bits per heavy atom. The van der Waals surface area contributed by atoms with Crippen LogP contribution in [0.1, 0.15) is 25.3 Å². The number of hydrogen-bond acceptors (Lipinski definition) is 3. The van der Waals surface area contributed by atoms with Crippen molar-refractivity contribution < 1.29 is 13.9 Å². The molecule has 0 aliphatic carbocycles. The molecule has 0 saturated carbocycles. The molecule has 1 fully saturated rings. The average molecular weight is 277 g/mol. The lowest BCUT2D eigenvalue weighted by Gasteiger charge is -2.20. The van der Waals surface area contributed by atoms with Gasteiger partial charge in [-0.15, -0.1) is 0 Å². The Hall–Kier alpha value is -2.13. The summed E-state index contributed by atoms with van der Waals surface area (Å²) in [5, 5.41) is 14.2. The van der Waals surface area contributed by atoms with E-state index in [0.717, 1.165) is 25.5 Å². The molecule has 1 aromatic carbocycles. The Balaban J connectivity index is 1.96.